The van der Waals surface area contributed by atoms with E-state index in [1.54, 1.807) is 0 Å². The average molecular weight is 356 g/mol. The van der Waals surface area contributed by atoms with Gasteiger partial charge in [-0.2, -0.15) is 0 Å². The molecule has 0 bridgehead atoms. The van der Waals surface area contributed by atoms with Crippen LogP contribution >= 0.6 is 0 Å². The largest absolute Gasteiger partial charge is 2.00 e. The van der Waals surface area contributed by atoms with Crippen molar-refractivity contribution in [2.75, 3.05) is 14.1 Å². The van der Waals surface area contributed by atoms with Gasteiger partial charge >= 0.3 is 17.1 Å². The Hall–Kier alpha value is -0.0505. The summed E-state index contributed by atoms with van der Waals surface area (Å²) in [6.45, 7) is 8.21. The summed E-state index contributed by atoms with van der Waals surface area (Å²) >= 11 is 0. The molecular formula is C19H28FeN2O+2. The molecule has 0 aromatic rings. The molecule has 0 spiro atoms. The number of carbonyl (C=O) groups is 1. The fraction of sp³-hybridized carbons (Fsp3) is 0.421. The molecule has 0 unspecified atom stereocenters. The van der Waals surface area contributed by atoms with Crippen molar-refractivity contribution in [1.82, 2.24) is 9.80 Å². The Labute approximate surface area is 155 Å². The van der Waals surface area contributed by atoms with Crippen LogP contribution in [0.3, 0.4) is 0 Å². The Balaban J connectivity index is 0.000000684. The summed E-state index contributed by atoms with van der Waals surface area (Å²) in [7, 11) is 3.92. The molecule has 0 saturated heterocycles. The summed E-state index contributed by atoms with van der Waals surface area (Å²) in [6, 6.07) is 1.42. The molecule has 2 aliphatic rings. The van der Waals surface area contributed by atoms with E-state index < -0.39 is 0 Å². The van der Waals surface area contributed by atoms with E-state index in [9.17, 15) is 4.79 Å². The van der Waals surface area contributed by atoms with E-state index in [0.29, 0.717) is 0 Å². The standard InChI is InChI=1S/C14H23N2O.C5H5.Fe/c1-10(2)16(11(3)4)14(17)12-8-7-9-13(12)15(5)6;1-2-4-5-3-1;/h7-11H,1-6H3;1-5H;/q;;+2. The van der Waals surface area contributed by atoms with Gasteiger partial charge < -0.3 is 9.80 Å². The van der Waals surface area contributed by atoms with Crippen LogP contribution in [0.15, 0.2) is 0 Å². The first kappa shape index (κ1) is 22.9. The van der Waals surface area contributed by atoms with E-state index in [4.69, 9.17) is 0 Å². The molecular weight excluding hydrogens is 328 g/mol. The van der Waals surface area contributed by atoms with Crippen LogP contribution in [0.25, 0.3) is 0 Å². The molecule has 1 amide bonds. The van der Waals surface area contributed by atoms with Crippen molar-refractivity contribution in [3.8, 4) is 0 Å². The van der Waals surface area contributed by atoms with Crippen LogP contribution in [0.2, 0.25) is 0 Å². The maximum atomic E-state index is 12.5. The molecule has 0 aliphatic heterocycles. The maximum Gasteiger partial charge on any atom is 2.00 e. The zero-order valence-electron chi connectivity index (χ0n) is 14.9. The van der Waals surface area contributed by atoms with Crippen molar-refractivity contribution in [1.29, 1.82) is 0 Å². The molecule has 126 valence electrons. The van der Waals surface area contributed by atoms with E-state index in [2.05, 4.69) is 27.7 Å². The number of amides is 1. The topological polar surface area (TPSA) is 23.6 Å². The first-order valence-electron chi connectivity index (χ1n) is 7.78. The van der Waals surface area contributed by atoms with Gasteiger partial charge in [0.2, 0.25) is 5.91 Å². The average Bonchev–Trinajstić information content (AvgIpc) is 3.12. The van der Waals surface area contributed by atoms with Crippen LogP contribution in [0.5, 0.6) is 0 Å². The van der Waals surface area contributed by atoms with Crippen LogP contribution in [0.4, 0.5) is 0 Å². The maximum absolute atomic E-state index is 12.5. The SMILES string of the molecule is CC(C)N(C(=O)[C]1[CH][CH][CH][C]1N(C)C)C(C)C.[CH]1[CH][CH][CH][CH]1.[Fe+2]. The number of rotatable bonds is 4. The summed E-state index contributed by atoms with van der Waals surface area (Å²) in [5, 5.41) is 0. The third-order valence-corrected chi connectivity index (χ3v) is 3.41. The summed E-state index contributed by atoms with van der Waals surface area (Å²) < 4.78 is 0. The Bertz CT molecular complexity index is 312. The molecule has 0 atom stereocenters. The molecule has 0 N–H and O–H groups in total. The molecule has 2 rings (SSSR count). The third kappa shape index (κ3) is 7.15. The van der Waals surface area contributed by atoms with E-state index in [1.165, 1.54) is 0 Å². The fourth-order valence-electron chi connectivity index (χ4n) is 2.51. The number of nitrogens with zero attached hydrogens (tertiary/aromatic N) is 2. The van der Waals surface area contributed by atoms with Gasteiger partial charge in [0.05, 0.1) is 12.0 Å². The van der Waals surface area contributed by atoms with Crippen molar-refractivity contribution in [2.24, 2.45) is 0 Å². The van der Waals surface area contributed by atoms with Crippen molar-refractivity contribution in [2.45, 2.75) is 39.8 Å². The van der Waals surface area contributed by atoms with Crippen molar-refractivity contribution in [3.05, 3.63) is 63.3 Å². The Morgan fingerprint density at radius 3 is 1.61 bits per heavy atom. The van der Waals surface area contributed by atoms with Crippen molar-refractivity contribution >= 4 is 5.91 Å². The van der Waals surface area contributed by atoms with Gasteiger partial charge in [0.1, 0.15) is 0 Å². The number of hydrogen-bond donors (Lipinski definition) is 0. The van der Waals surface area contributed by atoms with Gasteiger partial charge in [0.25, 0.3) is 0 Å². The zero-order valence-corrected chi connectivity index (χ0v) is 16.0. The first-order chi connectivity index (χ1) is 10.4. The van der Waals surface area contributed by atoms with Crippen LogP contribution in [-0.2, 0) is 21.9 Å². The van der Waals surface area contributed by atoms with Crippen LogP contribution in [-0.4, -0.2) is 41.9 Å². The molecule has 0 aromatic carbocycles. The minimum Gasteiger partial charge on any atom is -0.337 e. The third-order valence-electron chi connectivity index (χ3n) is 3.41. The minimum atomic E-state index is 0. The van der Waals surface area contributed by atoms with Gasteiger partial charge in [-0.15, -0.1) is 0 Å². The number of hydrogen-bond acceptors (Lipinski definition) is 2. The second kappa shape index (κ2) is 11.5. The van der Waals surface area contributed by atoms with Crippen LogP contribution in [0.1, 0.15) is 27.7 Å². The summed E-state index contributed by atoms with van der Waals surface area (Å²) in [4.78, 5) is 16.4. The van der Waals surface area contributed by atoms with Crippen molar-refractivity contribution in [3.63, 3.8) is 0 Å². The predicted octanol–water partition coefficient (Wildman–Crippen LogP) is 2.95. The summed E-state index contributed by atoms with van der Waals surface area (Å²) in [5.41, 5.74) is 0. The molecule has 10 radical (unpaired) electrons. The molecule has 2 fully saturated rings. The quantitative estimate of drug-likeness (QED) is 0.723. The predicted molar refractivity (Wildman–Crippen MR) is 91.7 cm³/mol. The summed E-state index contributed by atoms with van der Waals surface area (Å²) in [6.07, 6.45) is 15.8. The monoisotopic (exact) mass is 356 g/mol. The van der Waals surface area contributed by atoms with E-state index in [-0.39, 0.29) is 35.1 Å². The summed E-state index contributed by atoms with van der Waals surface area (Å²) in [5.74, 6) is 0.904. The second-order valence-electron chi connectivity index (χ2n) is 6.08. The van der Waals surface area contributed by atoms with Gasteiger partial charge in [0, 0.05) is 12.1 Å². The van der Waals surface area contributed by atoms with E-state index >= 15 is 0 Å². The molecule has 0 heterocycles. The van der Waals surface area contributed by atoms with Gasteiger partial charge in [-0.3, -0.25) is 4.79 Å². The molecule has 23 heavy (non-hydrogen) atoms. The van der Waals surface area contributed by atoms with Gasteiger partial charge in [-0.1, -0.05) is 0 Å². The van der Waals surface area contributed by atoms with Gasteiger partial charge in [-0.25, -0.2) is 0 Å². The Morgan fingerprint density at radius 2 is 1.26 bits per heavy atom. The Morgan fingerprint density at radius 1 is 0.826 bits per heavy atom. The Kier molecular flexibility index (Phi) is 11.5. The first-order valence-corrected chi connectivity index (χ1v) is 7.78. The zero-order chi connectivity index (χ0) is 16.7. The van der Waals surface area contributed by atoms with Gasteiger partial charge in [0.15, 0.2) is 0 Å². The smallest absolute Gasteiger partial charge is 0.337 e. The molecule has 0 aromatic heterocycles. The molecule has 2 saturated carbocycles. The normalized spacial score (nSPS) is 19.0. The van der Waals surface area contributed by atoms with Crippen LogP contribution < -0.4 is 0 Å². The van der Waals surface area contributed by atoms with E-state index in [0.717, 1.165) is 12.0 Å². The number of carbonyl (C=O) groups excluding carboxylic acids is 1. The molecule has 4 heteroatoms. The second-order valence-corrected chi connectivity index (χ2v) is 6.08. The minimum absolute atomic E-state index is 0. The molecule has 3 nitrogen and oxygen atoms in total. The fourth-order valence-corrected chi connectivity index (χ4v) is 2.51. The van der Waals surface area contributed by atoms with Gasteiger partial charge in [-0.05, 0) is 93.2 Å². The van der Waals surface area contributed by atoms with E-state index in [1.807, 2.05) is 75.3 Å². The van der Waals surface area contributed by atoms with Crippen molar-refractivity contribution < 1.29 is 21.9 Å². The van der Waals surface area contributed by atoms with Crippen LogP contribution in [0, 0.1) is 63.3 Å². The molecule has 2 aliphatic carbocycles.